The van der Waals surface area contributed by atoms with Gasteiger partial charge in [0.05, 0.1) is 38.2 Å². The number of methoxy groups -OCH3 is 2. The topological polar surface area (TPSA) is 89.0 Å². The molecule has 8 nitrogen and oxygen atoms in total. The molecule has 0 bridgehead atoms. The number of nitrogens with one attached hydrogen (secondary N) is 1. The Morgan fingerprint density at radius 2 is 1.86 bits per heavy atom. The number of rotatable bonds is 6. The maximum atomic E-state index is 5.49. The van der Waals surface area contributed by atoms with E-state index in [4.69, 9.17) is 14.5 Å². The number of ether oxygens (including phenoxy) is 2. The van der Waals surface area contributed by atoms with Crippen LogP contribution in [0.1, 0.15) is 29.8 Å². The zero-order chi connectivity index (χ0) is 19.5. The van der Waals surface area contributed by atoms with Crippen LogP contribution in [-0.4, -0.2) is 46.6 Å². The summed E-state index contributed by atoms with van der Waals surface area (Å²) in [6.45, 7) is 0.625. The molecule has 3 aromatic rings. The molecule has 0 atom stereocenters. The van der Waals surface area contributed by atoms with Gasteiger partial charge in [-0.3, -0.25) is 5.10 Å². The minimum absolute atomic E-state index is 0.526. The van der Waals surface area contributed by atoms with Crippen molar-refractivity contribution in [2.75, 3.05) is 26.2 Å². The highest BCUT2D eigenvalue weighted by Gasteiger charge is 2.20. The average molecular weight is 380 g/mol. The van der Waals surface area contributed by atoms with Crippen molar-refractivity contribution in [3.63, 3.8) is 0 Å². The summed E-state index contributed by atoms with van der Waals surface area (Å²) in [6.07, 6.45) is 6.21. The molecule has 2 heterocycles. The standard InChI is InChI=1S/C20H24N6O2/c1-26(12-16-13-7-4-5-8-14(13)23-24-16)20-22-15(11-21-25-20)19-17(27-2)9-6-10-18(19)28-3/h6,9-11H,4-5,7-8,12H2,1-3H3,(H,23,24). The number of H-pyrrole nitrogens is 1. The summed E-state index contributed by atoms with van der Waals surface area (Å²) in [6, 6.07) is 5.63. The number of benzene rings is 1. The van der Waals surface area contributed by atoms with Gasteiger partial charge in [0.15, 0.2) is 0 Å². The Balaban J connectivity index is 1.63. The van der Waals surface area contributed by atoms with Gasteiger partial charge in [-0.1, -0.05) is 6.07 Å². The first kappa shape index (κ1) is 18.2. The smallest absolute Gasteiger partial charge is 0.246 e. The van der Waals surface area contributed by atoms with Crippen molar-refractivity contribution in [2.24, 2.45) is 0 Å². The fourth-order valence-corrected chi connectivity index (χ4v) is 3.66. The van der Waals surface area contributed by atoms with E-state index in [1.165, 1.54) is 24.1 Å². The molecule has 1 N–H and O–H groups in total. The van der Waals surface area contributed by atoms with Crippen molar-refractivity contribution >= 4 is 5.95 Å². The predicted octanol–water partition coefficient (Wildman–Crippen LogP) is 2.79. The molecule has 0 aliphatic heterocycles. The van der Waals surface area contributed by atoms with Gasteiger partial charge in [0.2, 0.25) is 5.95 Å². The fraction of sp³-hybridized carbons (Fsp3) is 0.400. The number of aromatic nitrogens is 5. The number of hydrogen-bond acceptors (Lipinski definition) is 7. The van der Waals surface area contributed by atoms with E-state index in [1.807, 2.05) is 30.1 Å². The lowest BCUT2D eigenvalue weighted by Gasteiger charge is -2.18. The monoisotopic (exact) mass is 380 g/mol. The quantitative estimate of drug-likeness (QED) is 0.703. The summed E-state index contributed by atoms with van der Waals surface area (Å²) >= 11 is 0. The van der Waals surface area contributed by atoms with Crippen LogP contribution in [0.25, 0.3) is 11.3 Å². The molecule has 0 saturated heterocycles. The molecule has 1 aliphatic rings. The third-order valence-electron chi connectivity index (χ3n) is 5.10. The third-order valence-corrected chi connectivity index (χ3v) is 5.10. The maximum Gasteiger partial charge on any atom is 0.246 e. The summed E-state index contributed by atoms with van der Waals surface area (Å²) in [5.74, 6) is 1.88. The van der Waals surface area contributed by atoms with E-state index in [-0.39, 0.29) is 0 Å². The van der Waals surface area contributed by atoms with Gasteiger partial charge in [0.1, 0.15) is 17.2 Å². The summed E-state index contributed by atoms with van der Waals surface area (Å²) in [5.41, 5.74) is 5.07. The lowest BCUT2D eigenvalue weighted by atomic mass is 9.96. The van der Waals surface area contributed by atoms with Gasteiger partial charge in [-0.2, -0.15) is 10.2 Å². The molecular formula is C20H24N6O2. The first-order valence-electron chi connectivity index (χ1n) is 9.38. The highest BCUT2D eigenvalue weighted by Crippen LogP contribution is 2.37. The van der Waals surface area contributed by atoms with Crippen LogP contribution in [0.2, 0.25) is 0 Å². The number of aromatic amines is 1. The Morgan fingerprint density at radius 1 is 1.11 bits per heavy atom. The van der Waals surface area contributed by atoms with Gasteiger partial charge < -0.3 is 14.4 Å². The molecule has 4 rings (SSSR count). The molecule has 0 fully saturated rings. The largest absolute Gasteiger partial charge is 0.496 e. The van der Waals surface area contributed by atoms with Gasteiger partial charge in [-0.05, 0) is 43.4 Å². The van der Waals surface area contributed by atoms with E-state index >= 15 is 0 Å². The van der Waals surface area contributed by atoms with Gasteiger partial charge in [-0.25, -0.2) is 4.98 Å². The van der Waals surface area contributed by atoms with Crippen LogP contribution < -0.4 is 14.4 Å². The molecule has 8 heteroatoms. The van der Waals surface area contributed by atoms with E-state index in [1.54, 1.807) is 20.4 Å². The minimum atomic E-state index is 0.526. The minimum Gasteiger partial charge on any atom is -0.496 e. The van der Waals surface area contributed by atoms with E-state index in [9.17, 15) is 0 Å². The number of fused-ring (bicyclic) bond motifs is 1. The molecule has 0 unspecified atom stereocenters. The van der Waals surface area contributed by atoms with Crippen molar-refractivity contribution in [1.82, 2.24) is 25.4 Å². The van der Waals surface area contributed by atoms with Crippen LogP contribution in [0, 0.1) is 0 Å². The zero-order valence-corrected chi connectivity index (χ0v) is 16.4. The molecule has 0 radical (unpaired) electrons. The highest BCUT2D eigenvalue weighted by molar-refractivity contribution is 5.74. The lowest BCUT2D eigenvalue weighted by molar-refractivity contribution is 0.397. The summed E-state index contributed by atoms with van der Waals surface area (Å²) < 4.78 is 11.0. The van der Waals surface area contributed by atoms with Crippen molar-refractivity contribution < 1.29 is 9.47 Å². The molecule has 1 aliphatic carbocycles. The predicted molar refractivity (Wildman–Crippen MR) is 106 cm³/mol. The first-order chi connectivity index (χ1) is 13.7. The van der Waals surface area contributed by atoms with Gasteiger partial charge in [0, 0.05) is 12.7 Å². The normalized spacial score (nSPS) is 13.1. The molecule has 28 heavy (non-hydrogen) atoms. The van der Waals surface area contributed by atoms with Crippen molar-refractivity contribution in [3.05, 3.63) is 41.3 Å². The molecule has 0 amide bonds. The number of hydrogen-bond donors (Lipinski definition) is 1. The van der Waals surface area contributed by atoms with Crippen LogP contribution in [0.15, 0.2) is 24.4 Å². The Hall–Kier alpha value is -3.16. The summed E-state index contributed by atoms with van der Waals surface area (Å²) in [7, 11) is 5.20. The van der Waals surface area contributed by atoms with Gasteiger partial charge in [0.25, 0.3) is 0 Å². The van der Waals surface area contributed by atoms with Crippen molar-refractivity contribution in [2.45, 2.75) is 32.2 Å². The van der Waals surface area contributed by atoms with Gasteiger partial charge in [-0.15, -0.1) is 5.10 Å². The second-order valence-corrected chi connectivity index (χ2v) is 6.87. The van der Waals surface area contributed by atoms with E-state index < -0.39 is 0 Å². The van der Waals surface area contributed by atoms with E-state index in [2.05, 4.69) is 20.4 Å². The molecule has 146 valence electrons. The first-order valence-corrected chi connectivity index (χ1v) is 9.38. The molecule has 0 saturated carbocycles. The molecule has 0 spiro atoms. The number of anilines is 1. The second kappa shape index (κ2) is 7.84. The van der Waals surface area contributed by atoms with Gasteiger partial charge >= 0.3 is 0 Å². The average Bonchev–Trinajstić information content (AvgIpc) is 3.16. The number of aryl methyl sites for hydroxylation is 1. The molecule has 1 aromatic carbocycles. The maximum absolute atomic E-state index is 5.49. The van der Waals surface area contributed by atoms with Crippen LogP contribution in [0.3, 0.4) is 0 Å². The van der Waals surface area contributed by atoms with Crippen LogP contribution in [0.5, 0.6) is 11.5 Å². The SMILES string of the molecule is COc1cccc(OC)c1-c1cnnc(N(C)Cc2n[nH]c3c2CCCC3)n1. The van der Waals surface area contributed by atoms with Crippen molar-refractivity contribution in [1.29, 1.82) is 0 Å². The zero-order valence-electron chi connectivity index (χ0n) is 16.4. The summed E-state index contributed by atoms with van der Waals surface area (Å²) in [5, 5.41) is 16.1. The van der Waals surface area contributed by atoms with Crippen LogP contribution in [0.4, 0.5) is 5.95 Å². The Labute approximate surface area is 163 Å². The van der Waals surface area contributed by atoms with Crippen LogP contribution in [-0.2, 0) is 19.4 Å². The van der Waals surface area contributed by atoms with E-state index in [0.717, 1.165) is 24.1 Å². The Kier molecular flexibility index (Phi) is 5.10. The molecule has 2 aromatic heterocycles. The third kappa shape index (κ3) is 3.37. The van der Waals surface area contributed by atoms with Crippen molar-refractivity contribution in [3.8, 4) is 22.8 Å². The Morgan fingerprint density at radius 3 is 2.61 bits per heavy atom. The van der Waals surface area contributed by atoms with E-state index in [0.29, 0.717) is 29.7 Å². The fourth-order valence-electron chi connectivity index (χ4n) is 3.66. The highest BCUT2D eigenvalue weighted by atomic mass is 16.5. The lowest BCUT2D eigenvalue weighted by Crippen LogP contribution is -2.21. The second-order valence-electron chi connectivity index (χ2n) is 6.87. The number of nitrogens with zero attached hydrogens (tertiary/aromatic N) is 5. The Bertz CT molecular complexity index is 949. The molecular weight excluding hydrogens is 356 g/mol. The summed E-state index contributed by atoms with van der Waals surface area (Å²) in [4.78, 5) is 6.67. The van der Waals surface area contributed by atoms with Crippen LogP contribution >= 0.6 is 0 Å².